The molecule has 8 N–H and O–H groups in total. The van der Waals surface area contributed by atoms with E-state index in [1.54, 1.807) is 0 Å². The highest BCUT2D eigenvalue weighted by atomic mass is 16.4. The number of carboxylic acid groups (broad SMARTS) is 4. The number of aliphatic carboxylic acids is 4. The summed E-state index contributed by atoms with van der Waals surface area (Å²) in [5.41, 5.74) is 8.40. The molecule has 0 heterocycles. The number of hydrogen-bond donors (Lipinski definition) is 6. The number of carbonyl (C=O) groups is 4. The maximum atomic E-state index is 11.0. The Labute approximate surface area is 138 Å². The lowest BCUT2D eigenvalue weighted by Crippen LogP contribution is -2.50. The zero-order chi connectivity index (χ0) is 19.0. The Morgan fingerprint density at radius 2 is 0.958 bits per heavy atom. The van der Waals surface area contributed by atoms with Crippen molar-refractivity contribution in [3.63, 3.8) is 0 Å². The molecule has 138 valence electrons. The van der Waals surface area contributed by atoms with E-state index in [9.17, 15) is 19.2 Å². The van der Waals surface area contributed by atoms with Crippen LogP contribution in [0.1, 0.15) is 51.4 Å². The quantitative estimate of drug-likeness (QED) is 0.195. The van der Waals surface area contributed by atoms with E-state index in [1.807, 2.05) is 0 Å². The molecule has 0 atom stereocenters. The molecule has 10 heteroatoms. The highest BCUT2D eigenvalue weighted by molar-refractivity contribution is 5.75. The molecule has 0 bridgehead atoms. The van der Waals surface area contributed by atoms with Crippen LogP contribution < -0.4 is 11.5 Å². The summed E-state index contributed by atoms with van der Waals surface area (Å²) in [5.74, 6) is -5.00. The van der Waals surface area contributed by atoms with Gasteiger partial charge in [-0.15, -0.1) is 0 Å². The van der Waals surface area contributed by atoms with Crippen LogP contribution in [0.4, 0.5) is 0 Å². The van der Waals surface area contributed by atoms with E-state index in [-0.39, 0.29) is 19.3 Å². The van der Waals surface area contributed by atoms with Crippen molar-refractivity contribution in [2.45, 2.75) is 57.0 Å². The van der Waals surface area contributed by atoms with Gasteiger partial charge in [-0.25, -0.2) is 0 Å². The molecule has 0 saturated heterocycles. The predicted octanol–water partition coefficient (Wildman–Crippen LogP) is 0.0457. The van der Waals surface area contributed by atoms with Crippen LogP contribution in [0.15, 0.2) is 0 Å². The Morgan fingerprint density at radius 1 is 0.625 bits per heavy atom. The van der Waals surface area contributed by atoms with E-state index in [4.69, 9.17) is 31.9 Å². The fourth-order valence-electron chi connectivity index (χ4n) is 2.74. The minimum Gasteiger partial charge on any atom is -0.481 e. The summed E-state index contributed by atoms with van der Waals surface area (Å²) >= 11 is 0. The first kappa shape index (κ1) is 21.8. The van der Waals surface area contributed by atoms with Gasteiger partial charge in [0.1, 0.15) is 0 Å². The Morgan fingerprint density at radius 3 is 1.29 bits per heavy atom. The van der Waals surface area contributed by atoms with Gasteiger partial charge in [-0.3, -0.25) is 19.2 Å². The number of unbranched alkanes of at least 4 members (excludes halogenated alkanes) is 1. The molecule has 0 saturated carbocycles. The first-order valence-electron chi connectivity index (χ1n) is 7.32. The molecule has 0 aromatic carbocycles. The highest BCUT2D eigenvalue weighted by Crippen LogP contribution is 2.37. The second-order valence-electron chi connectivity index (χ2n) is 6.22. The molecule has 0 aromatic rings. The third kappa shape index (κ3) is 9.74. The standard InChI is InChI=1S/C14H24N2O8/c15-14(16,8-12(23)24)4-2-1-3-13(5-9(17)18,6-10(19)20)7-11(21)22/h1-8,15-16H2,(H,17,18)(H,19,20)(H,21,22)(H,23,24). The molecule has 0 aliphatic heterocycles. The Balaban J connectivity index is 4.86. The second kappa shape index (κ2) is 9.18. The Bertz CT molecular complexity index is 448. The molecular formula is C14H24N2O8. The molecule has 0 aromatic heterocycles. The van der Waals surface area contributed by atoms with Gasteiger partial charge in [0, 0.05) is 5.41 Å². The van der Waals surface area contributed by atoms with Crippen molar-refractivity contribution in [2.75, 3.05) is 0 Å². The van der Waals surface area contributed by atoms with Gasteiger partial charge in [0.15, 0.2) is 0 Å². The maximum absolute atomic E-state index is 11.0. The first-order chi connectivity index (χ1) is 10.9. The van der Waals surface area contributed by atoms with Crippen LogP contribution in [0.25, 0.3) is 0 Å². The van der Waals surface area contributed by atoms with Gasteiger partial charge >= 0.3 is 23.9 Å². The van der Waals surface area contributed by atoms with E-state index in [2.05, 4.69) is 0 Å². The average Bonchev–Trinajstić information content (AvgIpc) is 2.30. The molecule has 0 rings (SSSR count). The monoisotopic (exact) mass is 348 g/mol. The number of carboxylic acids is 4. The highest BCUT2D eigenvalue weighted by Gasteiger charge is 2.37. The van der Waals surface area contributed by atoms with Crippen LogP contribution in [0.3, 0.4) is 0 Å². The van der Waals surface area contributed by atoms with E-state index >= 15 is 0 Å². The largest absolute Gasteiger partial charge is 0.481 e. The van der Waals surface area contributed by atoms with Crippen molar-refractivity contribution in [3.8, 4) is 0 Å². The van der Waals surface area contributed by atoms with Crippen LogP contribution in [0.2, 0.25) is 0 Å². The van der Waals surface area contributed by atoms with Crippen molar-refractivity contribution >= 4 is 23.9 Å². The molecule has 24 heavy (non-hydrogen) atoms. The molecule has 0 aliphatic carbocycles. The average molecular weight is 348 g/mol. The smallest absolute Gasteiger partial charge is 0.306 e. The summed E-state index contributed by atoms with van der Waals surface area (Å²) in [6.45, 7) is 0. The minimum absolute atomic E-state index is 0.0427. The lowest BCUT2D eigenvalue weighted by atomic mass is 9.74. The van der Waals surface area contributed by atoms with Crippen molar-refractivity contribution in [1.29, 1.82) is 0 Å². The summed E-state index contributed by atoms with van der Waals surface area (Å²) in [6, 6.07) is 0. The SMILES string of the molecule is NC(N)(CCCCC(CC(=O)O)(CC(=O)O)CC(=O)O)CC(=O)O. The molecule has 0 amide bonds. The van der Waals surface area contributed by atoms with Gasteiger partial charge in [0.05, 0.1) is 31.3 Å². The van der Waals surface area contributed by atoms with Crippen LogP contribution >= 0.6 is 0 Å². The van der Waals surface area contributed by atoms with Gasteiger partial charge in [0.2, 0.25) is 0 Å². The number of rotatable bonds is 13. The van der Waals surface area contributed by atoms with E-state index in [0.29, 0.717) is 6.42 Å². The molecular weight excluding hydrogens is 324 g/mol. The molecule has 0 spiro atoms. The van der Waals surface area contributed by atoms with E-state index in [1.165, 1.54) is 0 Å². The molecule has 0 fully saturated rings. The van der Waals surface area contributed by atoms with E-state index in [0.717, 1.165) is 0 Å². The molecule has 0 radical (unpaired) electrons. The Hall–Kier alpha value is -2.20. The maximum Gasteiger partial charge on any atom is 0.306 e. The predicted molar refractivity (Wildman–Crippen MR) is 81.0 cm³/mol. The fraction of sp³-hybridized carbons (Fsp3) is 0.714. The minimum atomic E-state index is -1.43. The molecule has 10 nitrogen and oxygen atoms in total. The first-order valence-corrected chi connectivity index (χ1v) is 7.32. The van der Waals surface area contributed by atoms with Crippen LogP contribution in [0, 0.1) is 5.41 Å². The second-order valence-corrected chi connectivity index (χ2v) is 6.22. The van der Waals surface area contributed by atoms with Crippen LogP contribution in [-0.2, 0) is 19.2 Å². The molecule has 0 aliphatic rings. The van der Waals surface area contributed by atoms with Crippen molar-refractivity contribution in [3.05, 3.63) is 0 Å². The molecule has 0 unspecified atom stereocenters. The van der Waals surface area contributed by atoms with Gasteiger partial charge in [-0.05, 0) is 12.8 Å². The summed E-state index contributed by atoms with van der Waals surface area (Å²) in [6.07, 6.45) is -1.43. The summed E-state index contributed by atoms with van der Waals surface area (Å²) in [5, 5.41) is 35.6. The normalized spacial score (nSPS) is 11.9. The van der Waals surface area contributed by atoms with Crippen molar-refractivity contribution in [1.82, 2.24) is 0 Å². The number of hydrogen-bond acceptors (Lipinski definition) is 6. The lowest BCUT2D eigenvalue weighted by Gasteiger charge is -2.30. The van der Waals surface area contributed by atoms with Gasteiger partial charge < -0.3 is 31.9 Å². The third-order valence-corrected chi connectivity index (χ3v) is 3.66. The summed E-state index contributed by atoms with van der Waals surface area (Å²) in [4.78, 5) is 43.6. The zero-order valence-corrected chi connectivity index (χ0v) is 13.2. The van der Waals surface area contributed by atoms with E-state index < -0.39 is 60.6 Å². The van der Waals surface area contributed by atoms with Crippen molar-refractivity contribution < 1.29 is 39.6 Å². The summed E-state index contributed by atoms with van der Waals surface area (Å²) in [7, 11) is 0. The summed E-state index contributed by atoms with van der Waals surface area (Å²) < 4.78 is 0. The van der Waals surface area contributed by atoms with Gasteiger partial charge in [-0.1, -0.05) is 12.8 Å². The van der Waals surface area contributed by atoms with Crippen LogP contribution in [-0.4, -0.2) is 50.0 Å². The zero-order valence-electron chi connectivity index (χ0n) is 13.2. The number of nitrogens with two attached hydrogens (primary N) is 2. The van der Waals surface area contributed by atoms with Crippen molar-refractivity contribution in [2.24, 2.45) is 16.9 Å². The lowest BCUT2D eigenvalue weighted by molar-refractivity contribution is -0.148. The van der Waals surface area contributed by atoms with Gasteiger partial charge in [0.25, 0.3) is 0 Å². The topological polar surface area (TPSA) is 201 Å². The Kier molecular flexibility index (Phi) is 8.34. The van der Waals surface area contributed by atoms with Crippen LogP contribution in [0.5, 0.6) is 0 Å². The third-order valence-electron chi connectivity index (χ3n) is 3.66. The van der Waals surface area contributed by atoms with Gasteiger partial charge in [-0.2, -0.15) is 0 Å². The fourth-order valence-corrected chi connectivity index (χ4v) is 2.74.